The molecule has 0 saturated carbocycles. The van der Waals surface area contributed by atoms with Crippen LogP contribution in [0.25, 0.3) is 0 Å². The lowest BCUT2D eigenvalue weighted by atomic mass is 10.2. The summed E-state index contributed by atoms with van der Waals surface area (Å²) in [5, 5.41) is 0. The zero-order valence-electron chi connectivity index (χ0n) is 9.21. The van der Waals surface area contributed by atoms with Crippen LogP contribution in [0.15, 0.2) is 0 Å². The first-order valence-corrected chi connectivity index (χ1v) is 9.09. The standard InChI is InChI=1S/C10H23NS2/c1-13(2,3)10-9-12-11-7-5-4-6-8-11/h4-10H2,1-3H3. The summed E-state index contributed by atoms with van der Waals surface area (Å²) in [5.74, 6) is 2.74. The maximum absolute atomic E-state index is 2.56. The Bertz CT molecular complexity index is 136. The van der Waals surface area contributed by atoms with Crippen LogP contribution in [0.5, 0.6) is 0 Å². The van der Waals surface area contributed by atoms with Gasteiger partial charge in [-0.25, -0.2) is 10.0 Å². The van der Waals surface area contributed by atoms with E-state index in [0.717, 1.165) is 0 Å². The first kappa shape index (κ1) is 11.7. The van der Waals surface area contributed by atoms with E-state index in [1.54, 1.807) is 0 Å². The summed E-state index contributed by atoms with van der Waals surface area (Å²) >= 11 is 2.08. The molecule has 1 nitrogen and oxygen atoms in total. The van der Waals surface area contributed by atoms with Crippen molar-refractivity contribution in [2.24, 2.45) is 0 Å². The van der Waals surface area contributed by atoms with Crippen LogP contribution in [0.1, 0.15) is 19.3 Å². The zero-order chi connectivity index (χ0) is 9.73. The van der Waals surface area contributed by atoms with Gasteiger partial charge in [0.25, 0.3) is 0 Å². The summed E-state index contributed by atoms with van der Waals surface area (Å²) in [6, 6.07) is 0. The minimum atomic E-state index is -0.272. The molecule has 0 aromatic rings. The zero-order valence-corrected chi connectivity index (χ0v) is 10.8. The first-order valence-electron chi connectivity index (χ1n) is 5.12. The Balaban J connectivity index is 2.04. The van der Waals surface area contributed by atoms with Gasteiger partial charge in [0.1, 0.15) is 0 Å². The molecule has 0 atom stereocenters. The number of rotatable bonds is 4. The van der Waals surface area contributed by atoms with E-state index in [1.165, 1.54) is 43.9 Å². The third-order valence-corrected chi connectivity index (χ3v) is 5.09. The van der Waals surface area contributed by atoms with Crippen molar-refractivity contribution in [1.82, 2.24) is 4.31 Å². The summed E-state index contributed by atoms with van der Waals surface area (Å²) in [5.41, 5.74) is 0. The fourth-order valence-electron chi connectivity index (χ4n) is 1.41. The van der Waals surface area contributed by atoms with Gasteiger partial charge in [0, 0.05) is 18.8 Å². The molecule has 0 aromatic carbocycles. The highest BCUT2D eigenvalue weighted by atomic mass is 32.3. The normalized spacial score (nSPS) is 21.8. The predicted molar refractivity (Wildman–Crippen MR) is 68.1 cm³/mol. The Kier molecular flexibility index (Phi) is 4.98. The molecule has 0 amide bonds. The molecule has 1 aliphatic rings. The number of hydrogen-bond acceptors (Lipinski definition) is 2. The molecule has 1 saturated heterocycles. The molecule has 0 bridgehead atoms. The number of nitrogens with zero attached hydrogens (tertiary/aromatic N) is 1. The van der Waals surface area contributed by atoms with Gasteiger partial charge < -0.3 is 0 Å². The fourth-order valence-corrected chi connectivity index (χ4v) is 4.48. The molecule has 0 aliphatic carbocycles. The Hall–Kier alpha value is 0.660. The van der Waals surface area contributed by atoms with Crippen LogP contribution in [-0.2, 0) is 0 Å². The molecule has 1 rings (SSSR count). The van der Waals surface area contributed by atoms with Crippen molar-refractivity contribution in [3.8, 4) is 0 Å². The molecular formula is C10H23NS2. The maximum atomic E-state index is 2.56. The summed E-state index contributed by atoms with van der Waals surface area (Å²) in [4.78, 5) is 0. The smallest absolute Gasteiger partial charge is 0.0157 e. The largest absolute Gasteiger partial charge is 0.251 e. The van der Waals surface area contributed by atoms with Gasteiger partial charge in [-0.05, 0) is 37.4 Å². The minimum Gasteiger partial charge on any atom is -0.251 e. The molecule has 0 unspecified atom stereocenters. The highest BCUT2D eigenvalue weighted by molar-refractivity contribution is 8.32. The molecule has 1 aliphatic heterocycles. The van der Waals surface area contributed by atoms with E-state index in [0.29, 0.717) is 0 Å². The van der Waals surface area contributed by atoms with Crippen LogP contribution in [0.2, 0.25) is 0 Å². The third kappa shape index (κ3) is 5.87. The van der Waals surface area contributed by atoms with Crippen LogP contribution >= 0.6 is 22.0 Å². The summed E-state index contributed by atoms with van der Waals surface area (Å²) < 4.78 is 2.56. The third-order valence-electron chi connectivity index (χ3n) is 2.28. The van der Waals surface area contributed by atoms with E-state index in [9.17, 15) is 0 Å². The van der Waals surface area contributed by atoms with E-state index >= 15 is 0 Å². The van der Waals surface area contributed by atoms with Gasteiger partial charge in [-0.15, -0.1) is 0 Å². The number of hydrogen-bond donors (Lipinski definition) is 0. The average molecular weight is 221 g/mol. The Morgan fingerprint density at radius 2 is 1.69 bits per heavy atom. The summed E-state index contributed by atoms with van der Waals surface area (Å²) in [6.07, 6.45) is 11.5. The highest BCUT2D eigenvalue weighted by Gasteiger charge is 2.11. The van der Waals surface area contributed by atoms with Crippen LogP contribution in [-0.4, -0.2) is 47.7 Å². The molecule has 1 heterocycles. The Morgan fingerprint density at radius 1 is 1.08 bits per heavy atom. The minimum absolute atomic E-state index is 0.272. The first-order chi connectivity index (χ1) is 6.08. The molecule has 13 heavy (non-hydrogen) atoms. The lowest BCUT2D eigenvalue weighted by Gasteiger charge is -2.29. The van der Waals surface area contributed by atoms with Crippen molar-refractivity contribution in [2.75, 3.05) is 43.4 Å². The van der Waals surface area contributed by atoms with Gasteiger partial charge >= 0.3 is 0 Å². The topological polar surface area (TPSA) is 3.24 Å². The van der Waals surface area contributed by atoms with Crippen molar-refractivity contribution in [3.63, 3.8) is 0 Å². The lowest BCUT2D eigenvalue weighted by Crippen LogP contribution is -2.24. The maximum Gasteiger partial charge on any atom is 0.0157 e. The summed E-state index contributed by atoms with van der Waals surface area (Å²) in [6.45, 7) is 2.65. The van der Waals surface area contributed by atoms with E-state index < -0.39 is 0 Å². The van der Waals surface area contributed by atoms with Crippen LogP contribution < -0.4 is 0 Å². The van der Waals surface area contributed by atoms with Gasteiger partial charge in [0.05, 0.1) is 0 Å². The fraction of sp³-hybridized carbons (Fsp3) is 1.00. The molecule has 0 radical (unpaired) electrons. The van der Waals surface area contributed by atoms with Crippen LogP contribution in [0.4, 0.5) is 0 Å². The molecule has 3 heteroatoms. The van der Waals surface area contributed by atoms with Gasteiger partial charge in [-0.1, -0.05) is 18.4 Å². The molecular weight excluding hydrogens is 198 g/mol. The lowest BCUT2D eigenvalue weighted by molar-refractivity contribution is 0.381. The van der Waals surface area contributed by atoms with Crippen molar-refractivity contribution < 1.29 is 0 Å². The van der Waals surface area contributed by atoms with E-state index in [2.05, 4.69) is 35.0 Å². The van der Waals surface area contributed by atoms with Crippen molar-refractivity contribution in [2.45, 2.75) is 19.3 Å². The average Bonchev–Trinajstić information content (AvgIpc) is 2.04. The quantitative estimate of drug-likeness (QED) is 0.672. The second kappa shape index (κ2) is 5.52. The Morgan fingerprint density at radius 3 is 2.23 bits per heavy atom. The molecule has 1 fully saturated rings. The number of piperidine rings is 1. The molecule has 80 valence electrons. The van der Waals surface area contributed by atoms with Gasteiger partial charge in [0.15, 0.2) is 0 Å². The van der Waals surface area contributed by atoms with Crippen LogP contribution in [0.3, 0.4) is 0 Å². The van der Waals surface area contributed by atoms with Gasteiger partial charge in [-0.2, -0.15) is 0 Å². The van der Waals surface area contributed by atoms with E-state index in [4.69, 9.17) is 0 Å². The second-order valence-corrected chi connectivity index (χ2v) is 10.4. The highest BCUT2D eigenvalue weighted by Crippen LogP contribution is 2.35. The van der Waals surface area contributed by atoms with Crippen LogP contribution in [0, 0.1) is 0 Å². The monoisotopic (exact) mass is 221 g/mol. The van der Waals surface area contributed by atoms with Gasteiger partial charge in [-0.3, -0.25) is 4.31 Å². The van der Waals surface area contributed by atoms with Gasteiger partial charge in [0.2, 0.25) is 0 Å². The second-order valence-electron chi connectivity index (χ2n) is 4.62. The SMILES string of the molecule is CS(C)(C)CCSN1CCCCC1. The van der Waals surface area contributed by atoms with Crippen molar-refractivity contribution >= 4 is 22.0 Å². The Labute approximate surface area is 89.1 Å². The molecule has 0 spiro atoms. The van der Waals surface area contributed by atoms with Crippen molar-refractivity contribution in [1.29, 1.82) is 0 Å². The van der Waals surface area contributed by atoms with E-state index in [-0.39, 0.29) is 10.0 Å². The molecule has 0 aromatic heterocycles. The predicted octanol–water partition coefficient (Wildman–Crippen LogP) is 2.81. The van der Waals surface area contributed by atoms with E-state index in [1.807, 2.05) is 0 Å². The van der Waals surface area contributed by atoms with Crippen molar-refractivity contribution in [3.05, 3.63) is 0 Å². The molecule has 0 N–H and O–H groups in total. The summed E-state index contributed by atoms with van der Waals surface area (Å²) in [7, 11) is -0.272.